The number of anilines is 1. The number of aromatic nitrogens is 1. The van der Waals surface area contributed by atoms with Crippen molar-refractivity contribution < 1.29 is 18.7 Å². The summed E-state index contributed by atoms with van der Waals surface area (Å²) in [4.78, 5) is 18.1. The number of phenolic OH excluding ortho intramolecular Hbond substituents is 1. The van der Waals surface area contributed by atoms with Crippen LogP contribution in [0.3, 0.4) is 0 Å². The maximum absolute atomic E-state index is 13.5. The van der Waals surface area contributed by atoms with Crippen LogP contribution in [-0.2, 0) is 0 Å². The van der Waals surface area contributed by atoms with Crippen LogP contribution in [0.25, 0.3) is 33.8 Å². The maximum atomic E-state index is 13.5. The summed E-state index contributed by atoms with van der Waals surface area (Å²) < 4.78 is 19.5. The molecule has 0 saturated carbocycles. The van der Waals surface area contributed by atoms with E-state index in [0.29, 0.717) is 32.3 Å². The lowest BCUT2D eigenvalue weighted by Gasteiger charge is -2.12. The number of phenols is 1. The van der Waals surface area contributed by atoms with Crippen molar-refractivity contribution in [3.05, 3.63) is 112 Å². The molecule has 4 aromatic carbocycles. The van der Waals surface area contributed by atoms with Gasteiger partial charge in [0.25, 0.3) is 5.91 Å². The van der Waals surface area contributed by atoms with Gasteiger partial charge in [-0.2, -0.15) is 0 Å². The highest BCUT2D eigenvalue weighted by Gasteiger charge is 2.24. The number of amides is 1. The molecule has 1 heterocycles. The first-order valence-corrected chi connectivity index (χ1v) is 11.6. The van der Waals surface area contributed by atoms with E-state index >= 15 is 0 Å². The average molecular weight is 519 g/mol. The van der Waals surface area contributed by atoms with Gasteiger partial charge in [0.2, 0.25) is 11.8 Å². The Kier molecular flexibility index (Phi) is 6.46. The van der Waals surface area contributed by atoms with Crippen molar-refractivity contribution in [3.63, 3.8) is 0 Å². The Hall–Kier alpha value is -4.13. The molecular weight excluding hydrogens is 502 g/mol. The van der Waals surface area contributed by atoms with Crippen LogP contribution in [0.5, 0.6) is 5.75 Å². The van der Waals surface area contributed by atoms with E-state index in [0.717, 1.165) is 6.07 Å². The summed E-state index contributed by atoms with van der Waals surface area (Å²) in [6, 6.07) is 24.5. The highest BCUT2D eigenvalue weighted by Crippen LogP contribution is 2.41. The van der Waals surface area contributed by atoms with Crippen LogP contribution < -0.4 is 5.32 Å². The van der Waals surface area contributed by atoms with E-state index in [9.17, 15) is 14.3 Å². The minimum atomic E-state index is -0.588. The van der Waals surface area contributed by atoms with Crippen LogP contribution in [0, 0.1) is 5.82 Å². The Morgan fingerprint density at radius 3 is 2.28 bits per heavy atom. The van der Waals surface area contributed by atoms with Gasteiger partial charge in [-0.15, -0.1) is 0 Å². The van der Waals surface area contributed by atoms with Gasteiger partial charge in [-0.1, -0.05) is 65.7 Å². The number of carbonyl (C=O) groups excluding carboxylic acids is 1. The second kappa shape index (κ2) is 9.85. The summed E-state index contributed by atoms with van der Waals surface area (Å²) in [5, 5.41) is 13.7. The zero-order valence-electron chi connectivity index (χ0n) is 18.5. The molecule has 0 aliphatic heterocycles. The lowest BCUT2D eigenvalue weighted by atomic mass is 9.98. The van der Waals surface area contributed by atoms with Crippen molar-refractivity contribution in [2.24, 2.45) is 0 Å². The molecule has 2 N–H and O–H groups in total. The lowest BCUT2D eigenvalue weighted by molar-refractivity contribution is 0.102. The molecule has 36 heavy (non-hydrogen) atoms. The van der Waals surface area contributed by atoms with Gasteiger partial charge in [0, 0.05) is 28.3 Å². The number of carbonyl (C=O) groups is 1. The number of nitrogens with one attached hydrogen (secondary N) is 1. The van der Waals surface area contributed by atoms with Gasteiger partial charge < -0.3 is 9.52 Å². The molecule has 0 fully saturated rings. The van der Waals surface area contributed by atoms with Crippen LogP contribution in [0.4, 0.5) is 10.3 Å². The number of rotatable bonds is 5. The van der Waals surface area contributed by atoms with Gasteiger partial charge in [0.15, 0.2) is 0 Å². The van der Waals surface area contributed by atoms with Crippen molar-refractivity contribution >= 4 is 35.0 Å². The number of nitrogens with zero attached hydrogens (tertiary/aromatic N) is 1. The molecule has 5 rings (SSSR count). The molecule has 5 nitrogen and oxygen atoms in total. The molecule has 178 valence electrons. The molecule has 0 unspecified atom stereocenters. The van der Waals surface area contributed by atoms with E-state index < -0.39 is 11.7 Å². The molecule has 0 saturated heterocycles. The third kappa shape index (κ3) is 4.56. The first kappa shape index (κ1) is 23.6. The minimum absolute atomic E-state index is 0.0481. The zero-order chi connectivity index (χ0) is 25.2. The highest BCUT2D eigenvalue weighted by atomic mass is 35.5. The molecule has 5 aromatic rings. The number of halogens is 3. The van der Waals surface area contributed by atoms with Crippen LogP contribution in [0.1, 0.15) is 10.4 Å². The highest BCUT2D eigenvalue weighted by molar-refractivity contribution is 6.39. The van der Waals surface area contributed by atoms with E-state index in [4.69, 9.17) is 27.6 Å². The first-order chi connectivity index (χ1) is 17.4. The topological polar surface area (TPSA) is 75.4 Å². The van der Waals surface area contributed by atoms with Gasteiger partial charge >= 0.3 is 0 Å². The number of aromatic hydroxyl groups is 1. The molecule has 0 radical (unpaired) electrons. The SMILES string of the molecule is O=C(Nc1oc(-c2ccccc2)nc1-c1c(Cl)cccc1Cl)c1ccccc1-c1ccc(F)cc1O. The zero-order valence-corrected chi connectivity index (χ0v) is 20.0. The summed E-state index contributed by atoms with van der Waals surface area (Å²) in [6.07, 6.45) is 0. The Morgan fingerprint density at radius 2 is 1.56 bits per heavy atom. The van der Waals surface area contributed by atoms with Gasteiger partial charge in [-0.3, -0.25) is 10.1 Å². The normalized spacial score (nSPS) is 10.9. The van der Waals surface area contributed by atoms with E-state index in [1.807, 2.05) is 30.3 Å². The summed E-state index contributed by atoms with van der Waals surface area (Å²) in [5.41, 5.74) is 2.31. The number of oxazole rings is 1. The lowest BCUT2D eigenvalue weighted by Crippen LogP contribution is -2.13. The van der Waals surface area contributed by atoms with Crippen LogP contribution in [0.15, 0.2) is 95.4 Å². The Bertz CT molecular complexity index is 1570. The number of hydrogen-bond donors (Lipinski definition) is 2. The van der Waals surface area contributed by atoms with Gasteiger partial charge in [0.1, 0.15) is 17.3 Å². The fourth-order valence-electron chi connectivity index (χ4n) is 3.82. The second-order valence-corrected chi connectivity index (χ2v) is 8.64. The van der Waals surface area contributed by atoms with Crippen molar-refractivity contribution in [1.82, 2.24) is 4.98 Å². The molecule has 1 aromatic heterocycles. The standard InChI is InChI=1S/C28H17Cl2FN2O3/c29-21-11-6-12-22(30)24(21)25-28(36-27(32-25)16-7-2-1-3-8-16)33-26(35)20-10-5-4-9-18(20)19-14-13-17(31)15-23(19)34/h1-15,34H,(H,33,35). The molecule has 0 atom stereocenters. The van der Waals surface area contributed by atoms with Crippen LogP contribution in [-0.4, -0.2) is 16.0 Å². The van der Waals surface area contributed by atoms with Crippen molar-refractivity contribution in [2.75, 3.05) is 5.32 Å². The molecule has 0 aliphatic carbocycles. The Balaban J connectivity index is 1.60. The van der Waals surface area contributed by atoms with Gasteiger partial charge in [-0.05, 0) is 48.0 Å². The van der Waals surface area contributed by atoms with Crippen LogP contribution >= 0.6 is 23.2 Å². The summed E-state index contributed by atoms with van der Waals surface area (Å²) in [7, 11) is 0. The summed E-state index contributed by atoms with van der Waals surface area (Å²) in [6.45, 7) is 0. The maximum Gasteiger partial charge on any atom is 0.258 e. The van der Waals surface area contributed by atoms with Crippen molar-refractivity contribution in [1.29, 1.82) is 0 Å². The molecule has 0 bridgehead atoms. The fourth-order valence-corrected chi connectivity index (χ4v) is 4.40. The summed E-state index contributed by atoms with van der Waals surface area (Å²) >= 11 is 12.9. The second-order valence-electron chi connectivity index (χ2n) is 7.82. The molecule has 0 spiro atoms. The van der Waals surface area contributed by atoms with E-state index in [1.54, 1.807) is 42.5 Å². The monoisotopic (exact) mass is 518 g/mol. The molecule has 0 aliphatic rings. The number of benzene rings is 4. The van der Waals surface area contributed by atoms with Gasteiger partial charge in [0.05, 0.1) is 10.0 Å². The van der Waals surface area contributed by atoms with Crippen molar-refractivity contribution in [2.45, 2.75) is 0 Å². The summed E-state index contributed by atoms with van der Waals surface area (Å²) in [5.74, 6) is -1.10. The van der Waals surface area contributed by atoms with E-state index in [1.165, 1.54) is 12.1 Å². The molecule has 1 amide bonds. The third-order valence-electron chi connectivity index (χ3n) is 5.50. The van der Waals surface area contributed by atoms with Gasteiger partial charge in [-0.25, -0.2) is 9.37 Å². The predicted octanol–water partition coefficient (Wildman–Crippen LogP) is 8.08. The number of hydrogen-bond acceptors (Lipinski definition) is 4. The average Bonchev–Trinajstić information content (AvgIpc) is 3.28. The third-order valence-corrected chi connectivity index (χ3v) is 6.13. The smallest absolute Gasteiger partial charge is 0.258 e. The Labute approximate surface area is 215 Å². The Morgan fingerprint density at radius 1 is 0.861 bits per heavy atom. The molecule has 8 heteroatoms. The van der Waals surface area contributed by atoms with E-state index in [2.05, 4.69) is 10.3 Å². The van der Waals surface area contributed by atoms with Crippen LogP contribution in [0.2, 0.25) is 10.0 Å². The predicted molar refractivity (Wildman–Crippen MR) is 139 cm³/mol. The fraction of sp³-hybridized carbons (Fsp3) is 0. The van der Waals surface area contributed by atoms with E-state index in [-0.39, 0.29) is 28.8 Å². The minimum Gasteiger partial charge on any atom is -0.507 e. The first-order valence-electron chi connectivity index (χ1n) is 10.8. The quantitative estimate of drug-likeness (QED) is 0.246. The largest absolute Gasteiger partial charge is 0.507 e. The van der Waals surface area contributed by atoms with Crippen molar-refractivity contribution in [3.8, 4) is 39.6 Å². The molecular formula is C28H17Cl2FN2O3.